The molecule has 3 heterocycles. The summed E-state index contributed by atoms with van der Waals surface area (Å²) in [5, 5.41) is 5.40. The minimum absolute atomic E-state index is 0.207. The topological polar surface area (TPSA) is 32.3 Å². The molecule has 0 aromatic carbocycles. The number of thiophene rings is 1. The Balaban J connectivity index is 1.81. The summed E-state index contributed by atoms with van der Waals surface area (Å²) in [5.74, 6) is 1.51. The zero-order valence-corrected chi connectivity index (χ0v) is 12.8. The number of nitrogens with zero attached hydrogens (tertiary/aromatic N) is 1. The third-order valence-corrected chi connectivity index (χ3v) is 5.72. The van der Waals surface area contributed by atoms with Crippen LogP contribution in [0.2, 0.25) is 0 Å². The fraction of sp³-hybridized carbons (Fsp3) is 0.615. The molecule has 5 heteroatoms. The number of carbonyl (C=O) groups is 1. The monoisotopic (exact) mass is 328 g/mol. The molecule has 3 atom stereocenters. The van der Waals surface area contributed by atoms with E-state index in [1.165, 1.54) is 0 Å². The van der Waals surface area contributed by atoms with E-state index >= 15 is 0 Å². The van der Waals surface area contributed by atoms with Crippen LogP contribution in [-0.4, -0.2) is 36.5 Å². The minimum Gasteiger partial charge on any atom is -0.335 e. The zero-order chi connectivity index (χ0) is 12.7. The Labute approximate surface area is 120 Å². The van der Waals surface area contributed by atoms with E-state index in [0.29, 0.717) is 17.9 Å². The van der Waals surface area contributed by atoms with Crippen molar-refractivity contribution in [1.82, 2.24) is 10.2 Å². The van der Waals surface area contributed by atoms with Crippen molar-refractivity contribution in [2.24, 2.45) is 11.8 Å². The van der Waals surface area contributed by atoms with Gasteiger partial charge in [-0.25, -0.2) is 0 Å². The van der Waals surface area contributed by atoms with Gasteiger partial charge in [-0.2, -0.15) is 0 Å². The second-order valence-corrected chi connectivity index (χ2v) is 7.45. The highest BCUT2D eigenvalue weighted by atomic mass is 79.9. The van der Waals surface area contributed by atoms with E-state index < -0.39 is 0 Å². The summed E-state index contributed by atoms with van der Waals surface area (Å²) in [6, 6.07) is 2.35. The van der Waals surface area contributed by atoms with Crippen LogP contribution in [0.25, 0.3) is 0 Å². The van der Waals surface area contributed by atoms with Crippen LogP contribution in [0.15, 0.2) is 15.2 Å². The first-order chi connectivity index (χ1) is 8.70. The molecule has 18 heavy (non-hydrogen) atoms. The van der Waals surface area contributed by atoms with Crippen molar-refractivity contribution >= 4 is 33.2 Å². The molecule has 0 radical (unpaired) electrons. The van der Waals surface area contributed by atoms with Crippen molar-refractivity contribution in [3.63, 3.8) is 0 Å². The van der Waals surface area contributed by atoms with Crippen LogP contribution in [0.1, 0.15) is 23.7 Å². The Morgan fingerprint density at radius 3 is 3.11 bits per heavy atom. The smallest absolute Gasteiger partial charge is 0.255 e. The molecular formula is C13H17BrN2OS. The lowest BCUT2D eigenvalue weighted by atomic mass is 9.93. The predicted molar refractivity (Wildman–Crippen MR) is 77.0 cm³/mol. The molecule has 3 unspecified atom stereocenters. The number of halogens is 1. The summed E-state index contributed by atoms with van der Waals surface area (Å²) in [7, 11) is 0. The Hall–Kier alpha value is -0.390. The normalized spacial score (nSPS) is 30.8. The summed E-state index contributed by atoms with van der Waals surface area (Å²) in [6.45, 7) is 5.25. The van der Waals surface area contributed by atoms with Gasteiger partial charge in [-0.15, -0.1) is 11.3 Å². The molecule has 2 aliphatic heterocycles. The van der Waals surface area contributed by atoms with Gasteiger partial charge in [-0.1, -0.05) is 6.92 Å². The zero-order valence-electron chi connectivity index (χ0n) is 10.4. The number of fused-ring (bicyclic) bond motifs is 1. The molecule has 2 saturated heterocycles. The summed E-state index contributed by atoms with van der Waals surface area (Å²) in [6.07, 6.45) is 1.06. The van der Waals surface area contributed by atoms with E-state index in [1.54, 1.807) is 11.3 Å². The van der Waals surface area contributed by atoms with Gasteiger partial charge in [0.2, 0.25) is 0 Å². The van der Waals surface area contributed by atoms with E-state index in [-0.39, 0.29) is 5.91 Å². The molecule has 0 spiro atoms. The van der Waals surface area contributed by atoms with Crippen molar-refractivity contribution in [1.29, 1.82) is 0 Å². The fourth-order valence-corrected chi connectivity index (χ4v) is 4.50. The first-order valence-corrected chi connectivity index (χ1v) is 8.13. The summed E-state index contributed by atoms with van der Waals surface area (Å²) >= 11 is 5.01. The number of rotatable bonds is 2. The molecule has 0 bridgehead atoms. The van der Waals surface area contributed by atoms with Crippen molar-refractivity contribution in [2.45, 2.75) is 19.4 Å². The molecule has 2 fully saturated rings. The summed E-state index contributed by atoms with van der Waals surface area (Å²) in [4.78, 5) is 14.7. The van der Waals surface area contributed by atoms with Crippen molar-refractivity contribution in [3.8, 4) is 0 Å². The molecule has 3 rings (SSSR count). The Morgan fingerprint density at radius 1 is 1.61 bits per heavy atom. The van der Waals surface area contributed by atoms with Gasteiger partial charge in [0.1, 0.15) is 0 Å². The van der Waals surface area contributed by atoms with Gasteiger partial charge < -0.3 is 10.2 Å². The largest absolute Gasteiger partial charge is 0.335 e. The van der Waals surface area contributed by atoms with Gasteiger partial charge in [0, 0.05) is 31.1 Å². The third-order valence-electron chi connectivity index (χ3n) is 4.21. The van der Waals surface area contributed by atoms with Gasteiger partial charge in [-0.05, 0) is 40.3 Å². The van der Waals surface area contributed by atoms with Crippen LogP contribution in [-0.2, 0) is 0 Å². The predicted octanol–water partition coefficient (Wildman–Crippen LogP) is 2.58. The highest BCUT2D eigenvalue weighted by molar-refractivity contribution is 9.11. The Kier molecular flexibility index (Phi) is 3.47. The highest BCUT2D eigenvalue weighted by Crippen LogP contribution is 2.35. The van der Waals surface area contributed by atoms with Crippen molar-refractivity contribution in [3.05, 3.63) is 20.8 Å². The maximum Gasteiger partial charge on any atom is 0.255 e. The molecule has 2 aliphatic rings. The molecule has 98 valence electrons. The summed E-state index contributed by atoms with van der Waals surface area (Å²) < 4.78 is 1.03. The van der Waals surface area contributed by atoms with Crippen molar-refractivity contribution in [2.75, 3.05) is 19.6 Å². The molecule has 1 amide bonds. The lowest BCUT2D eigenvalue weighted by molar-refractivity contribution is 0.0712. The van der Waals surface area contributed by atoms with E-state index in [4.69, 9.17) is 0 Å². The van der Waals surface area contributed by atoms with Gasteiger partial charge in [0.25, 0.3) is 5.91 Å². The first kappa shape index (κ1) is 12.6. The quantitative estimate of drug-likeness (QED) is 0.905. The Morgan fingerprint density at radius 2 is 2.44 bits per heavy atom. The molecule has 1 N–H and O–H groups in total. The van der Waals surface area contributed by atoms with Crippen LogP contribution in [0, 0.1) is 11.8 Å². The number of nitrogens with one attached hydrogen (secondary N) is 1. The fourth-order valence-electron chi connectivity index (χ4n) is 3.37. The number of hydrogen-bond acceptors (Lipinski definition) is 3. The van der Waals surface area contributed by atoms with E-state index in [9.17, 15) is 4.79 Å². The number of hydrogen-bond donors (Lipinski definition) is 1. The van der Waals surface area contributed by atoms with Crippen LogP contribution in [0.5, 0.6) is 0 Å². The van der Waals surface area contributed by atoms with E-state index in [1.807, 2.05) is 11.4 Å². The second kappa shape index (κ2) is 4.94. The standard InChI is InChI=1S/C13H17BrN2OS/c1-2-11-10-5-15-4-9(10)6-16(11)13(17)8-3-12(14)18-7-8/h3,7,9-11,15H,2,4-6H2,1H3. The molecule has 1 aromatic rings. The third kappa shape index (κ3) is 2.02. The maximum absolute atomic E-state index is 12.6. The van der Waals surface area contributed by atoms with Crippen LogP contribution < -0.4 is 5.32 Å². The SMILES string of the molecule is CCC1C2CNCC2CN1C(=O)c1csc(Br)c1. The lowest BCUT2D eigenvalue weighted by Crippen LogP contribution is -2.39. The molecule has 3 nitrogen and oxygen atoms in total. The van der Waals surface area contributed by atoms with Gasteiger partial charge >= 0.3 is 0 Å². The average Bonchev–Trinajstić information content (AvgIpc) is 3.01. The lowest BCUT2D eigenvalue weighted by Gasteiger charge is -2.26. The molecule has 0 aliphatic carbocycles. The molecular weight excluding hydrogens is 312 g/mol. The van der Waals surface area contributed by atoms with Crippen molar-refractivity contribution < 1.29 is 4.79 Å². The average molecular weight is 329 g/mol. The van der Waals surface area contributed by atoms with Gasteiger partial charge in [0.05, 0.1) is 9.35 Å². The van der Waals surface area contributed by atoms with Crippen LogP contribution >= 0.6 is 27.3 Å². The first-order valence-electron chi connectivity index (χ1n) is 6.46. The van der Waals surface area contributed by atoms with Gasteiger partial charge in [0.15, 0.2) is 0 Å². The molecule has 1 aromatic heterocycles. The van der Waals surface area contributed by atoms with E-state index in [2.05, 4.69) is 33.1 Å². The molecule has 0 saturated carbocycles. The van der Waals surface area contributed by atoms with Crippen LogP contribution in [0.3, 0.4) is 0 Å². The number of likely N-dealkylation sites (tertiary alicyclic amines) is 1. The highest BCUT2D eigenvalue weighted by Gasteiger charge is 2.45. The maximum atomic E-state index is 12.6. The van der Waals surface area contributed by atoms with Crippen LogP contribution in [0.4, 0.5) is 0 Å². The van der Waals surface area contributed by atoms with E-state index in [0.717, 1.165) is 35.4 Å². The van der Waals surface area contributed by atoms with Gasteiger partial charge in [-0.3, -0.25) is 4.79 Å². The minimum atomic E-state index is 0.207. The summed E-state index contributed by atoms with van der Waals surface area (Å²) in [5.41, 5.74) is 0.832. The number of carbonyl (C=O) groups excluding carboxylic acids is 1. The number of amides is 1. The Bertz CT molecular complexity index is 462. The second-order valence-electron chi connectivity index (χ2n) is 5.15.